The van der Waals surface area contributed by atoms with Crippen LogP contribution in [0.1, 0.15) is 24.8 Å². The normalized spacial score (nSPS) is 16.7. The number of rotatable bonds is 3. The average Bonchev–Trinajstić information content (AvgIpc) is 3.08. The third-order valence-electron chi connectivity index (χ3n) is 3.53. The lowest BCUT2D eigenvalue weighted by Crippen LogP contribution is -2.13. The maximum Gasteiger partial charge on any atom is 0.304 e. The predicted molar refractivity (Wildman–Crippen MR) is 65.5 cm³/mol. The summed E-state index contributed by atoms with van der Waals surface area (Å²) in [5, 5.41) is 8.94. The van der Waals surface area contributed by atoms with Crippen molar-refractivity contribution in [1.82, 2.24) is 9.97 Å². The summed E-state index contributed by atoms with van der Waals surface area (Å²) < 4.78 is 0. The Morgan fingerprint density at radius 1 is 1.44 bits per heavy atom. The van der Waals surface area contributed by atoms with Gasteiger partial charge in [-0.15, -0.1) is 0 Å². The molecule has 3 rings (SSSR count). The fraction of sp³-hybridized carbons (Fsp3) is 0.308. The molecule has 1 aromatic heterocycles. The third kappa shape index (κ3) is 1.77. The van der Waals surface area contributed by atoms with Crippen molar-refractivity contribution < 1.29 is 9.90 Å². The van der Waals surface area contributed by atoms with Gasteiger partial charge in [-0.3, -0.25) is 9.59 Å². The van der Waals surface area contributed by atoms with Crippen LogP contribution in [0.25, 0.3) is 11.0 Å². The summed E-state index contributed by atoms with van der Waals surface area (Å²) in [5.74, 6) is -0.776. The second-order valence-corrected chi connectivity index (χ2v) is 4.83. The van der Waals surface area contributed by atoms with Crippen molar-refractivity contribution in [1.29, 1.82) is 0 Å². The van der Waals surface area contributed by atoms with E-state index in [0.717, 1.165) is 18.4 Å². The van der Waals surface area contributed by atoms with E-state index in [1.807, 2.05) is 12.1 Å². The highest BCUT2D eigenvalue weighted by atomic mass is 16.4. The summed E-state index contributed by atoms with van der Waals surface area (Å²) in [5.41, 5.74) is 1.91. The van der Waals surface area contributed by atoms with Crippen LogP contribution >= 0.6 is 0 Å². The second kappa shape index (κ2) is 3.66. The zero-order chi connectivity index (χ0) is 12.8. The molecule has 1 aliphatic carbocycles. The quantitative estimate of drug-likeness (QED) is 0.855. The number of carboxylic acid groups (broad SMARTS) is 1. The number of aromatic nitrogens is 2. The first-order chi connectivity index (χ1) is 8.59. The molecule has 2 aromatic rings. The van der Waals surface area contributed by atoms with E-state index in [9.17, 15) is 9.59 Å². The Morgan fingerprint density at radius 3 is 2.89 bits per heavy atom. The standard InChI is InChI=1S/C13H12N2O3/c16-11-7-14-10-5-8(1-2-9(10)15-11)13(3-4-13)6-12(17)18/h1-2,5,7H,3-4,6H2,(H,15,16)(H,17,18). The lowest BCUT2D eigenvalue weighted by atomic mass is 9.92. The summed E-state index contributed by atoms with van der Waals surface area (Å²) in [6, 6.07) is 5.55. The SMILES string of the molecule is O=C(O)CC1(c2ccc3[nH]c(=O)cnc3c2)CC1. The van der Waals surface area contributed by atoms with Gasteiger partial charge < -0.3 is 10.1 Å². The number of hydrogen-bond acceptors (Lipinski definition) is 3. The van der Waals surface area contributed by atoms with Gasteiger partial charge in [-0.25, -0.2) is 4.98 Å². The van der Waals surface area contributed by atoms with Gasteiger partial charge in [-0.05, 0) is 30.5 Å². The largest absolute Gasteiger partial charge is 0.481 e. The summed E-state index contributed by atoms with van der Waals surface area (Å²) >= 11 is 0. The van der Waals surface area contributed by atoms with Crippen LogP contribution in [-0.2, 0) is 10.2 Å². The van der Waals surface area contributed by atoms with Gasteiger partial charge in [0, 0.05) is 5.41 Å². The number of aromatic amines is 1. The van der Waals surface area contributed by atoms with Crippen molar-refractivity contribution in [2.75, 3.05) is 0 Å². The molecule has 18 heavy (non-hydrogen) atoms. The Balaban J connectivity index is 2.06. The first kappa shape index (κ1) is 11.0. The van der Waals surface area contributed by atoms with E-state index in [1.54, 1.807) is 6.07 Å². The topological polar surface area (TPSA) is 83.0 Å². The van der Waals surface area contributed by atoms with Crippen LogP contribution in [0, 0.1) is 0 Å². The highest BCUT2D eigenvalue weighted by Gasteiger charge is 2.46. The minimum atomic E-state index is -0.776. The fourth-order valence-electron chi connectivity index (χ4n) is 2.38. The van der Waals surface area contributed by atoms with Gasteiger partial charge in [0.1, 0.15) is 0 Å². The van der Waals surface area contributed by atoms with E-state index in [4.69, 9.17) is 5.11 Å². The van der Waals surface area contributed by atoms with Crippen LogP contribution in [-0.4, -0.2) is 21.0 Å². The number of aliphatic carboxylic acids is 1. The van der Waals surface area contributed by atoms with Gasteiger partial charge in [-0.1, -0.05) is 6.07 Å². The number of carboxylic acids is 1. The van der Waals surface area contributed by atoms with Crippen molar-refractivity contribution in [2.24, 2.45) is 0 Å². The van der Waals surface area contributed by atoms with Crippen LogP contribution in [0.4, 0.5) is 0 Å². The molecule has 1 heterocycles. The predicted octanol–water partition coefficient (Wildman–Crippen LogP) is 1.43. The number of benzene rings is 1. The van der Waals surface area contributed by atoms with Crippen LogP contribution in [0.2, 0.25) is 0 Å². The Labute approximate surface area is 102 Å². The fourth-order valence-corrected chi connectivity index (χ4v) is 2.38. The Morgan fingerprint density at radius 2 is 2.22 bits per heavy atom. The molecular weight excluding hydrogens is 232 g/mol. The van der Waals surface area contributed by atoms with Crippen molar-refractivity contribution >= 4 is 17.0 Å². The molecule has 0 bridgehead atoms. The monoisotopic (exact) mass is 244 g/mol. The van der Waals surface area contributed by atoms with E-state index in [0.29, 0.717) is 11.0 Å². The summed E-state index contributed by atoms with van der Waals surface area (Å²) in [4.78, 5) is 28.8. The molecule has 0 radical (unpaired) electrons. The van der Waals surface area contributed by atoms with Gasteiger partial charge in [-0.2, -0.15) is 0 Å². The highest BCUT2D eigenvalue weighted by molar-refractivity contribution is 5.76. The number of hydrogen-bond donors (Lipinski definition) is 2. The molecule has 5 heteroatoms. The van der Waals surface area contributed by atoms with Gasteiger partial charge in [0.05, 0.1) is 23.7 Å². The van der Waals surface area contributed by atoms with E-state index in [1.165, 1.54) is 6.20 Å². The first-order valence-corrected chi connectivity index (χ1v) is 5.80. The maximum atomic E-state index is 11.1. The summed E-state index contributed by atoms with van der Waals surface area (Å²) in [6.45, 7) is 0. The number of nitrogens with one attached hydrogen (secondary N) is 1. The Hall–Kier alpha value is -2.17. The number of nitrogens with zero attached hydrogens (tertiary/aromatic N) is 1. The molecule has 2 N–H and O–H groups in total. The third-order valence-corrected chi connectivity index (χ3v) is 3.53. The minimum Gasteiger partial charge on any atom is -0.481 e. The van der Waals surface area contributed by atoms with Crippen molar-refractivity contribution in [3.05, 3.63) is 40.3 Å². The molecule has 0 saturated heterocycles. The molecule has 5 nitrogen and oxygen atoms in total. The molecule has 1 saturated carbocycles. The van der Waals surface area contributed by atoms with E-state index >= 15 is 0 Å². The lowest BCUT2D eigenvalue weighted by Gasteiger charge is -2.13. The zero-order valence-corrected chi connectivity index (χ0v) is 9.64. The van der Waals surface area contributed by atoms with Crippen molar-refractivity contribution in [2.45, 2.75) is 24.7 Å². The number of carbonyl (C=O) groups is 1. The smallest absolute Gasteiger partial charge is 0.304 e. The van der Waals surface area contributed by atoms with Crippen LogP contribution in [0.15, 0.2) is 29.2 Å². The second-order valence-electron chi connectivity index (χ2n) is 4.83. The van der Waals surface area contributed by atoms with Gasteiger partial charge in [0.2, 0.25) is 0 Å². The van der Waals surface area contributed by atoms with Gasteiger partial charge in [0.15, 0.2) is 0 Å². The molecular formula is C13H12N2O3. The number of H-pyrrole nitrogens is 1. The van der Waals surface area contributed by atoms with Crippen LogP contribution in [0.5, 0.6) is 0 Å². The molecule has 1 aliphatic rings. The molecule has 0 unspecified atom stereocenters. The highest BCUT2D eigenvalue weighted by Crippen LogP contribution is 2.51. The van der Waals surface area contributed by atoms with Gasteiger partial charge in [0.25, 0.3) is 5.56 Å². The van der Waals surface area contributed by atoms with Crippen LogP contribution < -0.4 is 5.56 Å². The van der Waals surface area contributed by atoms with Crippen molar-refractivity contribution in [3.8, 4) is 0 Å². The lowest BCUT2D eigenvalue weighted by molar-refractivity contribution is -0.137. The van der Waals surface area contributed by atoms with E-state index < -0.39 is 5.97 Å². The molecule has 0 spiro atoms. The maximum absolute atomic E-state index is 11.1. The van der Waals surface area contributed by atoms with E-state index in [-0.39, 0.29) is 17.4 Å². The minimum absolute atomic E-state index is 0.155. The molecule has 0 atom stereocenters. The molecule has 1 aromatic carbocycles. The Kier molecular flexibility index (Phi) is 2.23. The number of fused-ring (bicyclic) bond motifs is 1. The molecule has 0 amide bonds. The Bertz CT molecular complexity index is 686. The first-order valence-electron chi connectivity index (χ1n) is 5.80. The average molecular weight is 244 g/mol. The molecule has 0 aliphatic heterocycles. The molecule has 92 valence electrons. The summed E-state index contributed by atoms with van der Waals surface area (Å²) in [7, 11) is 0. The van der Waals surface area contributed by atoms with Crippen molar-refractivity contribution in [3.63, 3.8) is 0 Å². The summed E-state index contributed by atoms with van der Waals surface area (Å²) in [6.07, 6.45) is 3.19. The van der Waals surface area contributed by atoms with E-state index in [2.05, 4.69) is 9.97 Å². The zero-order valence-electron chi connectivity index (χ0n) is 9.64. The van der Waals surface area contributed by atoms with Crippen LogP contribution in [0.3, 0.4) is 0 Å². The molecule has 1 fully saturated rings. The van der Waals surface area contributed by atoms with Gasteiger partial charge >= 0.3 is 5.97 Å².